The Morgan fingerprint density at radius 1 is 1.13 bits per heavy atom. The summed E-state index contributed by atoms with van der Waals surface area (Å²) in [5.41, 5.74) is 7.82. The SMILES string of the molecule is Nc1ccc(Cc2cccc(Cl)c2)cn1. The highest BCUT2D eigenvalue weighted by atomic mass is 35.5. The molecule has 0 aliphatic rings. The van der Waals surface area contributed by atoms with Gasteiger partial charge in [-0.15, -0.1) is 0 Å². The van der Waals surface area contributed by atoms with Crippen LogP contribution in [0.1, 0.15) is 11.1 Å². The van der Waals surface area contributed by atoms with Crippen molar-refractivity contribution >= 4 is 17.4 Å². The molecule has 0 aliphatic heterocycles. The monoisotopic (exact) mass is 218 g/mol. The van der Waals surface area contributed by atoms with E-state index in [1.54, 1.807) is 12.3 Å². The molecule has 0 atom stereocenters. The highest BCUT2D eigenvalue weighted by Gasteiger charge is 1.97. The lowest BCUT2D eigenvalue weighted by molar-refractivity contribution is 1.15. The fourth-order valence-corrected chi connectivity index (χ4v) is 1.64. The quantitative estimate of drug-likeness (QED) is 0.842. The van der Waals surface area contributed by atoms with Crippen LogP contribution in [-0.2, 0) is 6.42 Å². The van der Waals surface area contributed by atoms with Crippen LogP contribution in [0.3, 0.4) is 0 Å². The molecule has 2 nitrogen and oxygen atoms in total. The molecule has 2 rings (SSSR count). The zero-order chi connectivity index (χ0) is 10.7. The van der Waals surface area contributed by atoms with Gasteiger partial charge in [0.05, 0.1) is 0 Å². The first kappa shape index (κ1) is 9.99. The van der Waals surface area contributed by atoms with Crippen molar-refractivity contribution in [1.82, 2.24) is 4.98 Å². The lowest BCUT2D eigenvalue weighted by Gasteiger charge is -2.02. The number of benzene rings is 1. The van der Waals surface area contributed by atoms with Gasteiger partial charge in [-0.05, 0) is 35.7 Å². The van der Waals surface area contributed by atoms with E-state index in [0.29, 0.717) is 5.82 Å². The molecule has 0 unspecified atom stereocenters. The van der Waals surface area contributed by atoms with Gasteiger partial charge in [0, 0.05) is 11.2 Å². The Balaban J connectivity index is 2.18. The number of aromatic nitrogens is 1. The predicted molar refractivity (Wildman–Crippen MR) is 62.9 cm³/mol. The molecule has 1 aromatic heterocycles. The standard InChI is InChI=1S/C12H11ClN2/c13-11-3-1-2-9(7-11)6-10-4-5-12(14)15-8-10/h1-5,7-8H,6H2,(H2,14,15). The maximum atomic E-state index is 5.90. The van der Waals surface area contributed by atoms with Gasteiger partial charge in [-0.1, -0.05) is 29.8 Å². The van der Waals surface area contributed by atoms with Gasteiger partial charge in [-0.2, -0.15) is 0 Å². The lowest BCUT2D eigenvalue weighted by atomic mass is 10.1. The van der Waals surface area contributed by atoms with Crippen LogP contribution in [-0.4, -0.2) is 4.98 Å². The van der Waals surface area contributed by atoms with Crippen LogP contribution in [0.5, 0.6) is 0 Å². The second-order valence-electron chi connectivity index (χ2n) is 3.40. The van der Waals surface area contributed by atoms with Gasteiger partial charge in [0.25, 0.3) is 0 Å². The minimum Gasteiger partial charge on any atom is -0.384 e. The summed E-state index contributed by atoms with van der Waals surface area (Å²) in [4.78, 5) is 4.04. The van der Waals surface area contributed by atoms with Gasteiger partial charge in [0.15, 0.2) is 0 Å². The number of nitrogens with two attached hydrogens (primary N) is 1. The molecule has 0 saturated carbocycles. The van der Waals surface area contributed by atoms with Gasteiger partial charge >= 0.3 is 0 Å². The minimum absolute atomic E-state index is 0.546. The third kappa shape index (κ3) is 2.70. The van der Waals surface area contributed by atoms with Crippen molar-refractivity contribution in [2.45, 2.75) is 6.42 Å². The van der Waals surface area contributed by atoms with Crippen LogP contribution in [0, 0.1) is 0 Å². The number of hydrogen-bond acceptors (Lipinski definition) is 2. The smallest absolute Gasteiger partial charge is 0.123 e. The van der Waals surface area contributed by atoms with E-state index in [0.717, 1.165) is 17.0 Å². The first-order valence-corrected chi connectivity index (χ1v) is 5.07. The molecule has 0 fully saturated rings. The van der Waals surface area contributed by atoms with Crippen molar-refractivity contribution in [2.75, 3.05) is 5.73 Å². The largest absolute Gasteiger partial charge is 0.384 e. The van der Waals surface area contributed by atoms with Crippen molar-refractivity contribution in [3.63, 3.8) is 0 Å². The second-order valence-corrected chi connectivity index (χ2v) is 3.83. The normalized spacial score (nSPS) is 10.2. The van der Waals surface area contributed by atoms with Gasteiger partial charge in [-0.3, -0.25) is 0 Å². The Labute approximate surface area is 93.7 Å². The highest BCUT2D eigenvalue weighted by molar-refractivity contribution is 6.30. The molecule has 0 aliphatic carbocycles. The van der Waals surface area contributed by atoms with Crippen molar-refractivity contribution in [3.8, 4) is 0 Å². The molecule has 0 amide bonds. The first-order valence-electron chi connectivity index (χ1n) is 4.69. The summed E-state index contributed by atoms with van der Waals surface area (Å²) in [7, 11) is 0. The fourth-order valence-electron chi connectivity index (χ4n) is 1.42. The molecule has 2 N–H and O–H groups in total. The molecular weight excluding hydrogens is 208 g/mol. The van der Waals surface area contributed by atoms with Crippen molar-refractivity contribution in [3.05, 3.63) is 58.7 Å². The Morgan fingerprint density at radius 3 is 2.67 bits per heavy atom. The Bertz CT molecular complexity index is 451. The molecule has 0 spiro atoms. The third-order valence-corrected chi connectivity index (χ3v) is 2.38. The van der Waals surface area contributed by atoms with Crippen LogP contribution in [0.4, 0.5) is 5.82 Å². The van der Waals surface area contributed by atoms with Gasteiger partial charge in [0.1, 0.15) is 5.82 Å². The summed E-state index contributed by atoms with van der Waals surface area (Å²) in [5, 5.41) is 0.760. The molecule has 2 aromatic rings. The maximum Gasteiger partial charge on any atom is 0.123 e. The summed E-state index contributed by atoms with van der Waals surface area (Å²) in [5.74, 6) is 0.546. The van der Waals surface area contributed by atoms with E-state index in [2.05, 4.69) is 4.98 Å². The van der Waals surface area contributed by atoms with E-state index < -0.39 is 0 Å². The second kappa shape index (κ2) is 4.32. The molecule has 0 saturated heterocycles. The Kier molecular flexibility index (Phi) is 2.88. The highest BCUT2D eigenvalue weighted by Crippen LogP contribution is 2.14. The van der Waals surface area contributed by atoms with E-state index in [-0.39, 0.29) is 0 Å². The third-order valence-electron chi connectivity index (χ3n) is 2.14. The van der Waals surface area contributed by atoms with Crippen molar-refractivity contribution < 1.29 is 0 Å². The zero-order valence-electron chi connectivity index (χ0n) is 8.15. The van der Waals surface area contributed by atoms with Crippen molar-refractivity contribution in [1.29, 1.82) is 0 Å². The Morgan fingerprint density at radius 2 is 2.00 bits per heavy atom. The van der Waals surface area contributed by atoms with Gasteiger partial charge < -0.3 is 5.73 Å². The summed E-state index contributed by atoms with van der Waals surface area (Å²) >= 11 is 5.90. The number of pyridine rings is 1. The van der Waals surface area contributed by atoms with Crippen LogP contribution in [0.15, 0.2) is 42.6 Å². The molecule has 0 radical (unpaired) electrons. The summed E-state index contributed by atoms with van der Waals surface area (Å²) in [6, 6.07) is 11.6. The number of nitrogen functional groups attached to an aromatic ring is 1. The fraction of sp³-hybridized carbons (Fsp3) is 0.0833. The number of hydrogen-bond donors (Lipinski definition) is 1. The molecule has 76 valence electrons. The Hall–Kier alpha value is -1.54. The van der Waals surface area contributed by atoms with Crippen molar-refractivity contribution in [2.24, 2.45) is 0 Å². The summed E-state index contributed by atoms with van der Waals surface area (Å²) in [6.07, 6.45) is 2.62. The van der Waals surface area contributed by atoms with E-state index in [9.17, 15) is 0 Å². The maximum absolute atomic E-state index is 5.90. The summed E-state index contributed by atoms with van der Waals surface area (Å²) < 4.78 is 0. The van der Waals surface area contributed by atoms with E-state index >= 15 is 0 Å². The number of rotatable bonds is 2. The minimum atomic E-state index is 0.546. The van der Waals surface area contributed by atoms with Crippen LogP contribution < -0.4 is 5.73 Å². The molecule has 1 aromatic carbocycles. The number of nitrogens with zero attached hydrogens (tertiary/aromatic N) is 1. The molecular formula is C12H11ClN2. The first-order chi connectivity index (χ1) is 7.24. The van der Waals surface area contributed by atoms with Crippen LogP contribution >= 0.6 is 11.6 Å². The lowest BCUT2D eigenvalue weighted by Crippen LogP contribution is -1.92. The van der Waals surface area contributed by atoms with E-state index in [4.69, 9.17) is 17.3 Å². The van der Waals surface area contributed by atoms with Crippen LogP contribution in [0.25, 0.3) is 0 Å². The average molecular weight is 219 g/mol. The van der Waals surface area contributed by atoms with E-state index in [1.807, 2.05) is 30.3 Å². The van der Waals surface area contributed by atoms with Gasteiger partial charge in [-0.25, -0.2) is 4.98 Å². The molecule has 3 heteroatoms. The molecule has 0 bridgehead atoms. The number of anilines is 1. The van der Waals surface area contributed by atoms with E-state index in [1.165, 1.54) is 5.56 Å². The topological polar surface area (TPSA) is 38.9 Å². The van der Waals surface area contributed by atoms with Crippen LogP contribution in [0.2, 0.25) is 5.02 Å². The molecule has 1 heterocycles. The zero-order valence-corrected chi connectivity index (χ0v) is 8.91. The number of halogens is 1. The average Bonchev–Trinajstić information content (AvgIpc) is 2.22. The summed E-state index contributed by atoms with van der Waals surface area (Å²) in [6.45, 7) is 0. The predicted octanol–water partition coefficient (Wildman–Crippen LogP) is 2.91. The van der Waals surface area contributed by atoms with Gasteiger partial charge in [0.2, 0.25) is 0 Å². The molecule has 15 heavy (non-hydrogen) atoms.